The molecule has 1 fully saturated rings. The number of ketones is 1. The molecule has 0 radical (unpaired) electrons. The number of fused-ring (bicyclic) bond motifs is 3. The predicted molar refractivity (Wildman–Crippen MR) is 187 cm³/mol. The lowest BCUT2D eigenvalue weighted by Gasteiger charge is -2.15. The number of anilines is 1. The van der Waals surface area contributed by atoms with Crippen LogP contribution in [0.25, 0.3) is 22.4 Å². The van der Waals surface area contributed by atoms with Gasteiger partial charge in [-0.25, -0.2) is 14.7 Å². The summed E-state index contributed by atoms with van der Waals surface area (Å²) >= 11 is 13.2. The number of nitriles is 1. The van der Waals surface area contributed by atoms with Gasteiger partial charge in [-0.2, -0.15) is 5.26 Å². The SMILES string of the molecule is N#Cc1ccc(-c2ccc(Cl)c(Cl)c2)nc1SC1CC(=O)N(c2ccc(C(=O)OCC(=O)c3ccc4c(c3)Cc3ccccc3-4)cc2)C1=O. The number of carbonyl (C=O) groups excluding carboxylic acids is 4. The smallest absolute Gasteiger partial charge is 0.338 e. The number of hydrogen-bond acceptors (Lipinski definition) is 8. The van der Waals surface area contributed by atoms with Crippen molar-refractivity contribution in [2.45, 2.75) is 23.1 Å². The highest BCUT2D eigenvalue weighted by Crippen LogP contribution is 2.38. The van der Waals surface area contributed by atoms with E-state index in [1.165, 1.54) is 29.8 Å². The zero-order valence-corrected chi connectivity index (χ0v) is 27.8. The molecular formula is C38H23Cl2N3O5S. The van der Waals surface area contributed by atoms with Crippen molar-refractivity contribution in [3.05, 3.63) is 135 Å². The lowest BCUT2D eigenvalue weighted by molar-refractivity contribution is -0.121. The molecule has 2 heterocycles. The van der Waals surface area contributed by atoms with E-state index < -0.39 is 29.6 Å². The van der Waals surface area contributed by atoms with E-state index in [9.17, 15) is 24.4 Å². The Bertz CT molecular complexity index is 2250. The molecule has 1 saturated heterocycles. The lowest BCUT2D eigenvalue weighted by atomic mass is 10.0. The molecule has 0 spiro atoms. The van der Waals surface area contributed by atoms with Crippen LogP contribution < -0.4 is 4.90 Å². The largest absolute Gasteiger partial charge is 0.454 e. The fourth-order valence-corrected chi connectivity index (χ4v) is 7.29. The van der Waals surface area contributed by atoms with Crippen LogP contribution in [-0.4, -0.2) is 40.4 Å². The minimum absolute atomic E-state index is 0.103. The number of amides is 2. The number of nitrogens with zero attached hydrogens (tertiary/aromatic N) is 3. The average Bonchev–Trinajstić information content (AvgIpc) is 3.63. The van der Waals surface area contributed by atoms with Crippen LogP contribution in [0.1, 0.15) is 43.8 Å². The molecule has 2 aliphatic rings. The first-order valence-corrected chi connectivity index (χ1v) is 16.8. The van der Waals surface area contributed by atoms with Gasteiger partial charge >= 0.3 is 5.97 Å². The third-order valence-corrected chi connectivity index (χ3v) is 10.3. The Morgan fingerprint density at radius 2 is 1.63 bits per heavy atom. The van der Waals surface area contributed by atoms with Crippen LogP contribution in [0, 0.1) is 11.3 Å². The number of benzene rings is 4. The summed E-state index contributed by atoms with van der Waals surface area (Å²) in [5.41, 5.74) is 6.89. The Labute approximate surface area is 295 Å². The third-order valence-electron chi connectivity index (χ3n) is 8.37. The molecule has 0 N–H and O–H groups in total. The summed E-state index contributed by atoms with van der Waals surface area (Å²) in [6, 6.07) is 29.8. The molecule has 1 aliphatic heterocycles. The maximum atomic E-state index is 13.4. The summed E-state index contributed by atoms with van der Waals surface area (Å²) in [6.07, 6.45) is 0.638. The van der Waals surface area contributed by atoms with Crippen molar-refractivity contribution in [3.8, 4) is 28.5 Å². The Balaban J connectivity index is 0.994. The summed E-state index contributed by atoms with van der Waals surface area (Å²) in [4.78, 5) is 57.8. The van der Waals surface area contributed by atoms with Gasteiger partial charge in [0.1, 0.15) is 11.1 Å². The lowest BCUT2D eigenvalue weighted by Crippen LogP contribution is -2.31. The molecule has 8 nitrogen and oxygen atoms in total. The topological polar surface area (TPSA) is 117 Å². The normalized spacial score (nSPS) is 14.7. The average molecular weight is 705 g/mol. The standard InChI is InChI=1S/C38H23Cl2N3O5S/c39-30-13-8-23(17-31(30)40)32-14-9-25(19-41)36(42-32)49-34-18-35(45)43(37(34)46)27-10-5-21(6-11-27)38(47)48-20-33(44)24-7-12-29-26(16-24)15-22-3-1-2-4-28(22)29/h1-14,16-17,34H,15,18,20H2. The fraction of sp³-hybridized carbons (Fsp3) is 0.105. The van der Waals surface area contributed by atoms with Gasteiger partial charge in [0.05, 0.1) is 37.8 Å². The van der Waals surface area contributed by atoms with E-state index in [1.807, 2.05) is 24.3 Å². The van der Waals surface area contributed by atoms with Gasteiger partial charge in [0.15, 0.2) is 12.4 Å². The number of imide groups is 1. The van der Waals surface area contributed by atoms with E-state index in [0.717, 1.165) is 39.8 Å². The zero-order valence-electron chi connectivity index (χ0n) is 25.5. The first-order chi connectivity index (χ1) is 23.7. The molecule has 240 valence electrons. The second-order valence-corrected chi connectivity index (χ2v) is 13.4. The third kappa shape index (κ3) is 6.34. The molecule has 1 aliphatic carbocycles. The molecule has 4 aromatic carbocycles. The van der Waals surface area contributed by atoms with E-state index >= 15 is 0 Å². The van der Waals surface area contributed by atoms with Crippen LogP contribution in [0.15, 0.2) is 102 Å². The van der Waals surface area contributed by atoms with Crippen LogP contribution in [0.4, 0.5) is 5.69 Å². The number of hydrogen-bond donors (Lipinski definition) is 0. The molecule has 11 heteroatoms. The van der Waals surface area contributed by atoms with Gasteiger partial charge in [-0.05, 0) is 83.3 Å². The quantitative estimate of drug-likeness (QED) is 0.0890. The number of halogens is 2. The number of Topliss-reactive ketones (excluding diaryl/α,β-unsaturated/α-hetero) is 1. The van der Waals surface area contributed by atoms with Crippen molar-refractivity contribution in [1.82, 2.24) is 4.98 Å². The van der Waals surface area contributed by atoms with E-state index in [-0.39, 0.29) is 29.0 Å². The highest BCUT2D eigenvalue weighted by molar-refractivity contribution is 8.00. The monoisotopic (exact) mass is 703 g/mol. The number of aromatic nitrogens is 1. The van der Waals surface area contributed by atoms with Gasteiger partial charge in [0.2, 0.25) is 11.8 Å². The molecular weight excluding hydrogens is 681 g/mol. The molecule has 7 rings (SSSR count). The summed E-state index contributed by atoms with van der Waals surface area (Å²) < 4.78 is 5.31. The summed E-state index contributed by atoms with van der Waals surface area (Å²) in [5.74, 6) is -1.94. The number of pyridine rings is 1. The van der Waals surface area contributed by atoms with Crippen molar-refractivity contribution in [3.63, 3.8) is 0 Å². The van der Waals surface area contributed by atoms with Gasteiger partial charge < -0.3 is 4.74 Å². The van der Waals surface area contributed by atoms with Crippen molar-refractivity contribution < 1.29 is 23.9 Å². The summed E-state index contributed by atoms with van der Waals surface area (Å²) in [5, 5.41) is 9.91. The second-order valence-electron chi connectivity index (χ2n) is 11.4. The number of thioether (sulfide) groups is 1. The Kier molecular flexibility index (Phi) is 8.78. The first-order valence-electron chi connectivity index (χ1n) is 15.1. The van der Waals surface area contributed by atoms with Crippen molar-refractivity contribution in [1.29, 1.82) is 5.26 Å². The minimum Gasteiger partial charge on any atom is -0.454 e. The maximum Gasteiger partial charge on any atom is 0.338 e. The van der Waals surface area contributed by atoms with Gasteiger partial charge in [0.25, 0.3) is 0 Å². The highest BCUT2D eigenvalue weighted by Gasteiger charge is 2.41. The molecule has 5 aromatic rings. The van der Waals surface area contributed by atoms with E-state index in [2.05, 4.69) is 23.2 Å². The highest BCUT2D eigenvalue weighted by atomic mass is 35.5. The number of ether oxygens (including phenoxy) is 1. The van der Waals surface area contributed by atoms with Crippen molar-refractivity contribution in [2.75, 3.05) is 11.5 Å². The van der Waals surface area contributed by atoms with Crippen molar-refractivity contribution >= 4 is 64.2 Å². The van der Waals surface area contributed by atoms with E-state index in [0.29, 0.717) is 31.9 Å². The number of esters is 1. The molecule has 1 unspecified atom stereocenters. The maximum absolute atomic E-state index is 13.4. The Morgan fingerprint density at radius 3 is 2.41 bits per heavy atom. The Morgan fingerprint density at radius 1 is 0.878 bits per heavy atom. The van der Waals surface area contributed by atoms with Crippen LogP contribution >= 0.6 is 35.0 Å². The van der Waals surface area contributed by atoms with E-state index in [1.54, 1.807) is 36.4 Å². The second kappa shape index (κ2) is 13.3. The fourth-order valence-electron chi connectivity index (χ4n) is 5.90. The van der Waals surface area contributed by atoms with E-state index in [4.69, 9.17) is 27.9 Å². The van der Waals surface area contributed by atoms with Crippen molar-refractivity contribution in [2.24, 2.45) is 0 Å². The molecule has 0 bridgehead atoms. The summed E-state index contributed by atoms with van der Waals surface area (Å²) in [6.45, 7) is -0.431. The minimum atomic E-state index is -0.819. The number of carbonyl (C=O) groups is 4. The van der Waals surface area contributed by atoms with Gasteiger partial charge in [-0.15, -0.1) is 0 Å². The zero-order chi connectivity index (χ0) is 34.2. The molecule has 2 amide bonds. The molecule has 1 aromatic heterocycles. The summed E-state index contributed by atoms with van der Waals surface area (Å²) in [7, 11) is 0. The van der Waals surface area contributed by atoms with Crippen LogP contribution in [0.3, 0.4) is 0 Å². The Hall–Kier alpha value is -5.27. The van der Waals surface area contributed by atoms with Gasteiger partial charge in [-0.3, -0.25) is 14.4 Å². The molecule has 1 atom stereocenters. The van der Waals surface area contributed by atoms with Crippen LogP contribution in [-0.2, 0) is 20.7 Å². The van der Waals surface area contributed by atoms with Gasteiger partial charge in [-0.1, -0.05) is 77.4 Å². The van der Waals surface area contributed by atoms with Crippen LogP contribution in [0.2, 0.25) is 10.0 Å². The van der Waals surface area contributed by atoms with Gasteiger partial charge in [0, 0.05) is 17.5 Å². The first kappa shape index (κ1) is 32.3. The number of rotatable bonds is 8. The molecule has 49 heavy (non-hydrogen) atoms. The molecule has 0 saturated carbocycles. The predicted octanol–water partition coefficient (Wildman–Crippen LogP) is 7.96. The van der Waals surface area contributed by atoms with Crippen LogP contribution in [0.5, 0.6) is 0 Å².